The van der Waals surface area contributed by atoms with Gasteiger partial charge in [0.1, 0.15) is 4.99 Å². The lowest BCUT2D eigenvalue weighted by Gasteiger charge is -2.09. The minimum atomic E-state index is 0.386. The van der Waals surface area contributed by atoms with Gasteiger partial charge in [-0.05, 0) is 31.5 Å². The van der Waals surface area contributed by atoms with Crippen LogP contribution in [0.15, 0.2) is 18.2 Å². The summed E-state index contributed by atoms with van der Waals surface area (Å²) in [5, 5.41) is 1.67. The highest BCUT2D eigenvalue weighted by molar-refractivity contribution is 7.80. The Balaban J connectivity index is 2.94. The molecule has 0 saturated carbocycles. The van der Waals surface area contributed by atoms with Crippen LogP contribution in [-0.2, 0) is 0 Å². The van der Waals surface area contributed by atoms with Crippen LogP contribution in [0.25, 0.3) is 10.9 Å². The summed E-state index contributed by atoms with van der Waals surface area (Å²) in [6.07, 6.45) is 0. The molecule has 82 valence electrons. The van der Waals surface area contributed by atoms with Crippen molar-refractivity contribution in [2.45, 2.75) is 13.8 Å². The van der Waals surface area contributed by atoms with E-state index in [2.05, 4.69) is 4.98 Å². The number of hydrogen-bond donors (Lipinski definition) is 1. The number of benzene rings is 1. The lowest BCUT2D eigenvalue weighted by molar-refractivity contribution is 1.24. The molecule has 0 fully saturated rings. The first kappa shape index (κ1) is 11.3. The minimum Gasteiger partial charge on any atom is -0.389 e. The summed E-state index contributed by atoms with van der Waals surface area (Å²) in [7, 11) is 0. The average Bonchev–Trinajstić information content (AvgIpc) is 2.23. The van der Waals surface area contributed by atoms with E-state index in [1.54, 1.807) is 0 Å². The number of aryl methyl sites for hydroxylation is 2. The second-order valence-corrected chi connectivity index (χ2v) is 4.59. The van der Waals surface area contributed by atoms with Gasteiger partial charge in [-0.2, -0.15) is 0 Å². The number of pyridine rings is 1. The molecule has 1 aromatic heterocycles. The third-order valence-corrected chi connectivity index (χ3v) is 3.19. The van der Waals surface area contributed by atoms with E-state index < -0.39 is 0 Å². The van der Waals surface area contributed by atoms with Crippen molar-refractivity contribution in [1.82, 2.24) is 4.98 Å². The second-order valence-electron chi connectivity index (χ2n) is 3.74. The Labute approximate surface area is 104 Å². The first-order chi connectivity index (χ1) is 7.50. The van der Waals surface area contributed by atoms with Crippen LogP contribution in [0.4, 0.5) is 0 Å². The first-order valence-electron chi connectivity index (χ1n) is 4.87. The standard InChI is InChI=1S/C12H11ClN2S/c1-6-5-9(12(14)16)8-3-4-10(13)7(2)11(8)15-6/h3-5H,1-2H3,(H2,14,16). The van der Waals surface area contributed by atoms with Crippen LogP contribution >= 0.6 is 23.8 Å². The van der Waals surface area contributed by atoms with Gasteiger partial charge in [-0.25, -0.2) is 0 Å². The molecule has 2 N–H and O–H groups in total. The van der Waals surface area contributed by atoms with Crippen molar-refractivity contribution in [2.24, 2.45) is 5.73 Å². The van der Waals surface area contributed by atoms with Gasteiger partial charge >= 0.3 is 0 Å². The normalized spacial score (nSPS) is 10.7. The molecule has 0 aliphatic rings. The van der Waals surface area contributed by atoms with Gasteiger partial charge < -0.3 is 5.73 Å². The summed E-state index contributed by atoms with van der Waals surface area (Å²) in [5.41, 5.74) is 9.28. The Bertz CT molecular complexity index is 593. The largest absolute Gasteiger partial charge is 0.389 e. The fraction of sp³-hybridized carbons (Fsp3) is 0.167. The number of thiocarbonyl (C=S) groups is 1. The summed E-state index contributed by atoms with van der Waals surface area (Å²) < 4.78 is 0. The number of nitrogens with zero attached hydrogens (tertiary/aromatic N) is 1. The van der Waals surface area contributed by atoms with Gasteiger partial charge in [-0.1, -0.05) is 29.9 Å². The summed E-state index contributed by atoms with van der Waals surface area (Å²) in [4.78, 5) is 4.87. The molecular formula is C12H11ClN2S. The van der Waals surface area contributed by atoms with Crippen LogP contribution in [0, 0.1) is 13.8 Å². The summed E-state index contributed by atoms with van der Waals surface area (Å²) in [6, 6.07) is 5.65. The number of aromatic nitrogens is 1. The van der Waals surface area contributed by atoms with Gasteiger partial charge in [-0.3, -0.25) is 4.98 Å². The first-order valence-corrected chi connectivity index (χ1v) is 5.65. The molecule has 0 saturated heterocycles. The molecule has 0 spiro atoms. The summed E-state index contributed by atoms with van der Waals surface area (Å²) >= 11 is 11.1. The van der Waals surface area contributed by atoms with Crippen LogP contribution < -0.4 is 5.73 Å². The van der Waals surface area contributed by atoms with E-state index in [0.29, 0.717) is 10.0 Å². The zero-order valence-corrected chi connectivity index (χ0v) is 10.6. The van der Waals surface area contributed by atoms with Crippen LogP contribution in [0.5, 0.6) is 0 Å². The molecule has 0 radical (unpaired) electrons. The Morgan fingerprint density at radius 2 is 2.06 bits per heavy atom. The minimum absolute atomic E-state index is 0.386. The Hall–Kier alpha value is -1.19. The molecule has 1 heterocycles. The summed E-state index contributed by atoms with van der Waals surface area (Å²) in [6.45, 7) is 3.86. The van der Waals surface area contributed by atoms with Crippen molar-refractivity contribution in [2.75, 3.05) is 0 Å². The highest BCUT2D eigenvalue weighted by Crippen LogP contribution is 2.26. The van der Waals surface area contributed by atoms with Crippen LogP contribution in [-0.4, -0.2) is 9.97 Å². The van der Waals surface area contributed by atoms with E-state index in [1.807, 2.05) is 32.0 Å². The molecular weight excluding hydrogens is 240 g/mol. The van der Waals surface area contributed by atoms with E-state index >= 15 is 0 Å². The fourth-order valence-electron chi connectivity index (χ4n) is 1.74. The Morgan fingerprint density at radius 1 is 1.38 bits per heavy atom. The van der Waals surface area contributed by atoms with Gasteiger partial charge in [-0.15, -0.1) is 0 Å². The maximum absolute atomic E-state index is 6.07. The number of halogens is 1. The molecule has 0 atom stereocenters. The van der Waals surface area contributed by atoms with Gasteiger partial charge in [0.2, 0.25) is 0 Å². The quantitative estimate of drug-likeness (QED) is 0.791. The third-order valence-electron chi connectivity index (χ3n) is 2.56. The van der Waals surface area contributed by atoms with Crippen molar-refractivity contribution in [3.8, 4) is 0 Å². The van der Waals surface area contributed by atoms with Gasteiger partial charge in [0.25, 0.3) is 0 Å². The molecule has 4 heteroatoms. The predicted octanol–water partition coefficient (Wildman–Crippen LogP) is 3.14. The molecule has 0 bridgehead atoms. The lowest BCUT2D eigenvalue weighted by atomic mass is 10.0. The predicted molar refractivity (Wildman–Crippen MR) is 72.1 cm³/mol. The number of nitrogens with two attached hydrogens (primary N) is 1. The molecule has 0 aliphatic carbocycles. The van der Waals surface area contributed by atoms with E-state index in [4.69, 9.17) is 29.6 Å². The van der Waals surface area contributed by atoms with Crippen molar-refractivity contribution >= 4 is 39.7 Å². The highest BCUT2D eigenvalue weighted by atomic mass is 35.5. The van der Waals surface area contributed by atoms with Gasteiger partial charge in [0, 0.05) is 21.7 Å². The third kappa shape index (κ3) is 1.77. The van der Waals surface area contributed by atoms with Crippen molar-refractivity contribution < 1.29 is 0 Å². The maximum Gasteiger partial charge on any atom is 0.104 e. The lowest BCUT2D eigenvalue weighted by Crippen LogP contribution is -2.11. The molecule has 0 amide bonds. The van der Waals surface area contributed by atoms with Gasteiger partial charge in [0.05, 0.1) is 5.52 Å². The Kier molecular flexibility index (Phi) is 2.82. The van der Waals surface area contributed by atoms with Crippen molar-refractivity contribution in [3.63, 3.8) is 0 Å². The van der Waals surface area contributed by atoms with E-state index in [9.17, 15) is 0 Å². The average molecular weight is 251 g/mol. The maximum atomic E-state index is 6.07. The zero-order chi connectivity index (χ0) is 11.9. The molecule has 2 aromatic rings. The zero-order valence-electron chi connectivity index (χ0n) is 9.04. The highest BCUT2D eigenvalue weighted by Gasteiger charge is 2.09. The monoisotopic (exact) mass is 250 g/mol. The molecule has 0 aliphatic heterocycles. The SMILES string of the molecule is Cc1cc(C(N)=S)c2ccc(Cl)c(C)c2n1. The number of hydrogen-bond acceptors (Lipinski definition) is 2. The van der Waals surface area contributed by atoms with E-state index in [-0.39, 0.29) is 0 Å². The second kappa shape index (κ2) is 4.00. The fourth-order valence-corrected chi connectivity index (χ4v) is 2.06. The molecule has 2 rings (SSSR count). The molecule has 16 heavy (non-hydrogen) atoms. The van der Waals surface area contributed by atoms with Crippen LogP contribution in [0.1, 0.15) is 16.8 Å². The van der Waals surface area contributed by atoms with Crippen LogP contribution in [0.3, 0.4) is 0 Å². The molecule has 0 unspecified atom stereocenters. The number of rotatable bonds is 1. The van der Waals surface area contributed by atoms with E-state index in [0.717, 1.165) is 27.7 Å². The topological polar surface area (TPSA) is 38.9 Å². The van der Waals surface area contributed by atoms with Crippen molar-refractivity contribution in [3.05, 3.63) is 40.0 Å². The van der Waals surface area contributed by atoms with Crippen molar-refractivity contribution in [1.29, 1.82) is 0 Å². The smallest absolute Gasteiger partial charge is 0.104 e. The molecule has 2 nitrogen and oxygen atoms in total. The van der Waals surface area contributed by atoms with Gasteiger partial charge in [0.15, 0.2) is 0 Å². The Morgan fingerprint density at radius 3 is 2.69 bits per heavy atom. The summed E-state index contributed by atoms with van der Waals surface area (Å²) in [5.74, 6) is 0. The van der Waals surface area contributed by atoms with E-state index in [1.165, 1.54) is 0 Å². The number of fused-ring (bicyclic) bond motifs is 1. The van der Waals surface area contributed by atoms with Crippen LogP contribution in [0.2, 0.25) is 5.02 Å². The molecule has 1 aromatic carbocycles.